The van der Waals surface area contributed by atoms with Crippen LogP contribution in [-0.2, 0) is 14.3 Å². The van der Waals surface area contributed by atoms with Crippen molar-refractivity contribution in [3.63, 3.8) is 0 Å². The highest BCUT2D eigenvalue weighted by Gasteiger charge is 2.33. The van der Waals surface area contributed by atoms with E-state index in [0.717, 1.165) is 11.3 Å². The minimum absolute atomic E-state index is 0.159. The van der Waals surface area contributed by atoms with Crippen molar-refractivity contribution >= 4 is 46.3 Å². The molecule has 1 aromatic rings. The van der Waals surface area contributed by atoms with E-state index >= 15 is 0 Å². The van der Waals surface area contributed by atoms with Gasteiger partial charge in [0.1, 0.15) is 29.8 Å². The van der Waals surface area contributed by atoms with Crippen molar-refractivity contribution in [3.8, 4) is 5.75 Å². The van der Waals surface area contributed by atoms with Crippen LogP contribution < -0.4 is 9.64 Å². The number of nitrogens with one attached hydrogen (secondary N) is 1. The predicted molar refractivity (Wildman–Crippen MR) is 102 cm³/mol. The Hall–Kier alpha value is -1.90. The number of amides is 1. The molecule has 1 aliphatic rings. The van der Waals surface area contributed by atoms with Gasteiger partial charge in [0.05, 0.1) is 26.1 Å². The smallest absolute Gasteiger partial charge is 0.326 e. The zero-order valence-corrected chi connectivity index (χ0v) is 16.0. The molecular weight excluding hydrogens is 360 g/mol. The number of likely N-dealkylation sites (N-methyl/N-ethyl adjacent to an activating group) is 1. The van der Waals surface area contributed by atoms with Crippen molar-refractivity contribution < 1.29 is 24.0 Å². The van der Waals surface area contributed by atoms with Crippen molar-refractivity contribution in [2.24, 2.45) is 0 Å². The van der Waals surface area contributed by atoms with Crippen LogP contribution in [0.15, 0.2) is 29.2 Å². The summed E-state index contributed by atoms with van der Waals surface area (Å²) in [7, 11) is 5.54. The Morgan fingerprint density at radius 2 is 2.00 bits per heavy atom. The number of benzene rings is 1. The number of nitrogens with zero attached hydrogens (tertiary/aromatic N) is 1. The lowest BCUT2D eigenvalue weighted by molar-refractivity contribution is -0.858. The fraction of sp³-hybridized carbons (Fsp3) is 0.353. The minimum atomic E-state index is -0.455. The Morgan fingerprint density at radius 3 is 2.60 bits per heavy atom. The monoisotopic (exact) mass is 381 g/mol. The summed E-state index contributed by atoms with van der Waals surface area (Å²) in [6, 6.07) is 7.33. The normalized spacial score (nSPS) is 16.0. The quantitative estimate of drug-likeness (QED) is 0.424. The Labute approximate surface area is 156 Å². The lowest BCUT2D eigenvalue weighted by Gasteiger charge is -2.14. The van der Waals surface area contributed by atoms with Crippen LogP contribution in [0.25, 0.3) is 6.08 Å². The van der Waals surface area contributed by atoms with E-state index in [4.69, 9.17) is 21.7 Å². The SMILES string of the molecule is COc1ccc(/C=C2\SC(=S)N(CC(=O)OCC[NH+](C)C)C2=O)cc1. The summed E-state index contributed by atoms with van der Waals surface area (Å²) in [5.41, 5.74) is 0.859. The van der Waals surface area contributed by atoms with Gasteiger partial charge in [-0.15, -0.1) is 0 Å². The molecule has 1 heterocycles. The zero-order valence-electron chi connectivity index (χ0n) is 14.4. The summed E-state index contributed by atoms with van der Waals surface area (Å²) in [5, 5.41) is 0. The molecule has 0 radical (unpaired) electrons. The number of rotatable bonds is 7. The third kappa shape index (κ3) is 5.55. The molecule has 0 unspecified atom stereocenters. The molecule has 0 saturated carbocycles. The highest BCUT2D eigenvalue weighted by molar-refractivity contribution is 8.26. The predicted octanol–water partition coefficient (Wildman–Crippen LogP) is 0.584. The average molecular weight is 381 g/mol. The molecule has 2 rings (SSSR count). The molecule has 1 fully saturated rings. The van der Waals surface area contributed by atoms with Gasteiger partial charge in [0.15, 0.2) is 0 Å². The molecule has 1 amide bonds. The van der Waals surface area contributed by atoms with Crippen molar-refractivity contribution in [1.29, 1.82) is 0 Å². The maximum Gasteiger partial charge on any atom is 0.326 e. The average Bonchev–Trinajstić information content (AvgIpc) is 2.83. The molecule has 1 N–H and O–H groups in total. The van der Waals surface area contributed by atoms with Crippen LogP contribution in [0.5, 0.6) is 5.75 Å². The van der Waals surface area contributed by atoms with Gasteiger partial charge in [-0.05, 0) is 23.8 Å². The van der Waals surface area contributed by atoms with Gasteiger partial charge in [-0.2, -0.15) is 0 Å². The number of methoxy groups -OCH3 is 1. The first-order valence-corrected chi connectivity index (χ1v) is 8.97. The van der Waals surface area contributed by atoms with E-state index in [1.807, 2.05) is 38.4 Å². The molecule has 0 atom stereocenters. The van der Waals surface area contributed by atoms with Crippen molar-refractivity contribution in [2.45, 2.75) is 0 Å². The first kappa shape index (κ1) is 19.4. The molecule has 134 valence electrons. The topological polar surface area (TPSA) is 60.3 Å². The molecule has 1 aromatic carbocycles. The van der Waals surface area contributed by atoms with E-state index in [2.05, 4.69) is 0 Å². The lowest BCUT2D eigenvalue weighted by Crippen LogP contribution is -3.06. The second-order valence-electron chi connectivity index (χ2n) is 5.72. The minimum Gasteiger partial charge on any atom is -0.497 e. The van der Waals surface area contributed by atoms with Gasteiger partial charge >= 0.3 is 5.97 Å². The highest BCUT2D eigenvalue weighted by Crippen LogP contribution is 2.32. The van der Waals surface area contributed by atoms with E-state index in [1.54, 1.807) is 13.2 Å². The number of thiocarbonyl (C=S) groups is 1. The molecule has 1 aliphatic heterocycles. The number of carbonyl (C=O) groups is 2. The number of quaternary nitrogens is 1. The Morgan fingerprint density at radius 1 is 1.32 bits per heavy atom. The van der Waals surface area contributed by atoms with E-state index in [9.17, 15) is 9.59 Å². The van der Waals surface area contributed by atoms with Crippen LogP contribution in [0.2, 0.25) is 0 Å². The number of thioether (sulfide) groups is 1. The van der Waals surface area contributed by atoms with Gasteiger partial charge in [0.2, 0.25) is 0 Å². The van der Waals surface area contributed by atoms with Crippen molar-refractivity contribution in [2.75, 3.05) is 40.9 Å². The van der Waals surface area contributed by atoms with Gasteiger partial charge in [-0.25, -0.2) is 0 Å². The molecular formula is C17H21N2O4S2+. The Balaban J connectivity index is 1.98. The highest BCUT2D eigenvalue weighted by atomic mass is 32.2. The summed E-state index contributed by atoms with van der Waals surface area (Å²) in [6.45, 7) is 0.868. The van der Waals surface area contributed by atoms with Crippen molar-refractivity contribution in [3.05, 3.63) is 34.7 Å². The van der Waals surface area contributed by atoms with Crippen LogP contribution >= 0.6 is 24.0 Å². The Bertz CT molecular complexity index is 686. The molecule has 6 nitrogen and oxygen atoms in total. The number of hydrogen-bond donors (Lipinski definition) is 1. The number of ether oxygens (including phenoxy) is 2. The molecule has 0 spiro atoms. The fourth-order valence-electron chi connectivity index (χ4n) is 2.03. The third-order valence-corrected chi connectivity index (χ3v) is 4.82. The summed E-state index contributed by atoms with van der Waals surface area (Å²) in [6.07, 6.45) is 1.75. The van der Waals surface area contributed by atoms with Gasteiger partial charge < -0.3 is 14.4 Å². The van der Waals surface area contributed by atoms with Crippen LogP contribution in [0.3, 0.4) is 0 Å². The number of esters is 1. The van der Waals surface area contributed by atoms with Gasteiger partial charge in [-0.1, -0.05) is 36.1 Å². The molecule has 0 aliphatic carbocycles. The molecule has 25 heavy (non-hydrogen) atoms. The first-order chi connectivity index (χ1) is 11.9. The summed E-state index contributed by atoms with van der Waals surface area (Å²) >= 11 is 6.40. The second-order valence-corrected chi connectivity index (χ2v) is 7.39. The fourth-order valence-corrected chi connectivity index (χ4v) is 3.29. The zero-order chi connectivity index (χ0) is 18.4. The van der Waals surface area contributed by atoms with Crippen LogP contribution in [0.4, 0.5) is 0 Å². The Kier molecular flexibility index (Phi) is 6.98. The van der Waals surface area contributed by atoms with E-state index in [1.165, 1.54) is 21.6 Å². The van der Waals surface area contributed by atoms with Crippen LogP contribution in [-0.4, -0.2) is 62.0 Å². The molecule has 1 saturated heterocycles. The first-order valence-electron chi connectivity index (χ1n) is 7.75. The second kappa shape index (κ2) is 8.98. The number of hydrogen-bond acceptors (Lipinski definition) is 6. The van der Waals surface area contributed by atoms with Gasteiger partial charge in [0.25, 0.3) is 5.91 Å². The summed E-state index contributed by atoms with van der Waals surface area (Å²) in [4.78, 5) is 27.3. The standard InChI is InChI=1S/C17H20N2O4S2/c1-18(2)8-9-23-15(20)11-19-16(21)14(25-17(19)24)10-12-4-6-13(22-3)7-5-12/h4-7,10H,8-9,11H2,1-3H3/p+1/b14-10-. The van der Waals surface area contributed by atoms with E-state index in [0.29, 0.717) is 22.4 Å². The van der Waals surface area contributed by atoms with E-state index in [-0.39, 0.29) is 12.5 Å². The van der Waals surface area contributed by atoms with Crippen LogP contribution in [0, 0.1) is 0 Å². The molecule has 8 heteroatoms. The third-order valence-electron chi connectivity index (χ3n) is 3.44. The van der Waals surface area contributed by atoms with Gasteiger partial charge in [0, 0.05) is 0 Å². The van der Waals surface area contributed by atoms with E-state index < -0.39 is 5.97 Å². The van der Waals surface area contributed by atoms with Crippen molar-refractivity contribution in [1.82, 2.24) is 4.90 Å². The van der Waals surface area contributed by atoms with Gasteiger partial charge in [-0.3, -0.25) is 14.5 Å². The maximum atomic E-state index is 12.5. The molecule has 0 aromatic heterocycles. The summed E-state index contributed by atoms with van der Waals surface area (Å²) in [5.74, 6) is 0.0104. The number of carbonyl (C=O) groups excluding carboxylic acids is 2. The lowest BCUT2D eigenvalue weighted by atomic mass is 10.2. The maximum absolute atomic E-state index is 12.5. The summed E-state index contributed by atoms with van der Waals surface area (Å²) < 4.78 is 10.6. The largest absolute Gasteiger partial charge is 0.497 e. The molecule has 0 bridgehead atoms. The van der Waals surface area contributed by atoms with Crippen LogP contribution in [0.1, 0.15) is 5.56 Å².